The fraction of sp³-hybridized carbons (Fsp3) is 0.276. The zero-order valence-electron chi connectivity index (χ0n) is 20.8. The first-order valence-corrected chi connectivity index (χ1v) is 12.8. The Morgan fingerprint density at radius 2 is 1.41 bits per heavy atom. The van der Waals surface area contributed by atoms with Gasteiger partial charge < -0.3 is 19.7 Å². The fourth-order valence-corrected chi connectivity index (χ4v) is 4.18. The van der Waals surface area contributed by atoms with Crippen molar-refractivity contribution >= 4 is 34.8 Å². The van der Waals surface area contributed by atoms with Crippen molar-refractivity contribution in [2.75, 3.05) is 31.6 Å². The van der Waals surface area contributed by atoms with E-state index in [2.05, 4.69) is 17.6 Å². The normalized spacial score (nSPS) is 13.5. The van der Waals surface area contributed by atoms with Gasteiger partial charge in [-0.3, -0.25) is 14.9 Å². The Morgan fingerprint density at radius 3 is 2.03 bits per heavy atom. The first-order valence-electron chi connectivity index (χ1n) is 12.4. The van der Waals surface area contributed by atoms with E-state index in [-0.39, 0.29) is 16.9 Å². The molecule has 1 aliphatic rings. The van der Waals surface area contributed by atoms with Crippen LogP contribution in [0.5, 0.6) is 11.5 Å². The third-order valence-electron chi connectivity index (χ3n) is 6.17. The second-order valence-corrected chi connectivity index (χ2v) is 9.40. The average molecular weight is 518 g/mol. The Bertz CT molecular complexity index is 1190. The van der Waals surface area contributed by atoms with Gasteiger partial charge in [-0.2, -0.15) is 0 Å². The van der Waals surface area contributed by atoms with Crippen LogP contribution >= 0.6 is 12.2 Å². The monoisotopic (exact) mass is 517 g/mol. The van der Waals surface area contributed by atoms with Crippen molar-refractivity contribution in [2.24, 2.45) is 5.92 Å². The minimum Gasteiger partial charge on any atom is -0.490 e. The Morgan fingerprint density at radius 1 is 0.838 bits per heavy atom. The summed E-state index contributed by atoms with van der Waals surface area (Å²) in [7, 11) is 0. The molecule has 0 bridgehead atoms. The molecule has 1 fully saturated rings. The summed E-state index contributed by atoms with van der Waals surface area (Å²) < 4.78 is 11.3. The molecule has 0 radical (unpaired) electrons. The SMILES string of the molecule is CC1CCN(C(=O)c2ccc(NC(=S)NC(=O)c3ccc(OCCOc4ccccc4)cc3)cc2)CC1. The van der Waals surface area contributed by atoms with Crippen LogP contribution < -0.4 is 20.1 Å². The van der Waals surface area contributed by atoms with Crippen LogP contribution in [0, 0.1) is 5.92 Å². The maximum Gasteiger partial charge on any atom is 0.257 e. The molecule has 1 heterocycles. The number of thiocarbonyl (C=S) groups is 1. The van der Waals surface area contributed by atoms with E-state index in [0.29, 0.717) is 41.7 Å². The molecule has 3 aromatic rings. The summed E-state index contributed by atoms with van der Waals surface area (Å²) in [6, 6.07) is 23.5. The second kappa shape index (κ2) is 12.9. The molecule has 8 heteroatoms. The lowest BCUT2D eigenvalue weighted by molar-refractivity contribution is 0.0697. The van der Waals surface area contributed by atoms with Gasteiger partial charge in [-0.25, -0.2) is 0 Å². The molecular formula is C29H31N3O4S. The summed E-state index contributed by atoms with van der Waals surface area (Å²) in [5.74, 6) is 1.82. The highest BCUT2D eigenvalue weighted by Gasteiger charge is 2.21. The van der Waals surface area contributed by atoms with Crippen molar-refractivity contribution in [1.82, 2.24) is 10.2 Å². The van der Waals surface area contributed by atoms with Crippen molar-refractivity contribution in [3.05, 3.63) is 90.0 Å². The minimum atomic E-state index is -0.331. The molecule has 192 valence electrons. The molecule has 0 saturated carbocycles. The number of benzene rings is 3. The van der Waals surface area contributed by atoms with E-state index in [1.807, 2.05) is 35.2 Å². The van der Waals surface area contributed by atoms with Crippen LogP contribution in [0.15, 0.2) is 78.9 Å². The highest BCUT2D eigenvalue weighted by molar-refractivity contribution is 7.80. The van der Waals surface area contributed by atoms with Gasteiger partial charge in [0.05, 0.1) is 0 Å². The van der Waals surface area contributed by atoms with Crippen LogP contribution in [0.1, 0.15) is 40.5 Å². The predicted octanol–water partition coefficient (Wildman–Crippen LogP) is 5.14. The number of rotatable bonds is 8. The van der Waals surface area contributed by atoms with Crippen molar-refractivity contribution in [1.29, 1.82) is 0 Å². The number of carbonyl (C=O) groups excluding carboxylic acids is 2. The van der Waals surface area contributed by atoms with E-state index < -0.39 is 0 Å². The number of anilines is 1. The molecular weight excluding hydrogens is 486 g/mol. The number of hydrogen-bond donors (Lipinski definition) is 2. The molecule has 37 heavy (non-hydrogen) atoms. The first kappa shape index (κ1) is 26.2. The number of nitrogens with one attached hydrogen (secondary N) is 2. The van der Waals surface area contributed by atoms with Gasteiger partial charge in [0, 0.05) is 29.9 Å². The molecule has 1 aliphatic heterocycles. The van der Waals surface area contributed by atoms with Gasteiger partial charge in [0.2, 0.25) is 0 Å². The van der Waals surface area contributed by atoms with Crippen molar-refractivity contribution in [2.45, 2.75) is 19.8 Å². The summed E-state index contributed by atoms with van der Waals surface area (Å²) in [4.78, 5) is 27.2. The molecule has 2 amide bonds. The Hall–Kier alpha value is -3.91. The van der Waals surface area contributed by atoms with Crippen molar-refractivity contribution in [3.63, 3.8) is 0 Å². The summed E-state index contributed by atoms with van der Waals surface area (Å²) in [6.45, 7) is 4.62. The number of likely N-dealkylation sites (tertiary alicyclic amines) is 1. The molecule has 0 unspecified atom stereocenters. The van der Waals surface area contributed by atoms with E-state index in [0.717, 1.165) is 31.7 Å². The molecule has 4 rings (SSSR count). The third kappa shape index (κ3) is 7.79. The molecule has 0 spiro atoms. The number of carbonyl (C=O) groups is 2. The maximum atomic E-state index is 12.7. The molecule has 0 atom stereocenters. The number of para-hydroxylation sites is 1. The first-order chi connectivity index (χ1) is 18.0. The van der Waals surface area contributed by atoms with Crippen molar-refractivity contribution in [3.8, 4) is 11.5 Å². The molecule has 2 N–H and O–H groups in total. The summed E-state index contributed by atoms with van der Waals surface area (Å²) in [5.41, 5.74) is 1.79. The third-order valence-corrected chi connectivity index (χ3v) is 6.37. The van der Waals surface area contributed by atoms with Crippen LogP contribution in [0.4, 0.5) is 5.69 Å². The lowest BCUT2D eigenvalue weighted by atomic mass is 9.98. The Kier molecular flexibility index (Phi) is 9.10. The summed E-state index contributed by atoms with van der Waals surface area (Å²) >= 11 is 5.29. The number of piperidine rings is 1. The van der Waals surface area contributed by atoms with E-state index >= 15 is 0 Å². The van der Waals surface area contributed by atoms with Crippen LogP contribution in [0.2, 0.25) is 0 Å². The lowest BCUT2D eigenvalue weighted by Gasteiger charge is -2.30. The van der Waals surface area contributed by atoms with Crippen LogP contribution in [-0.4, -0.2) is 48.1 Å². The molecule has 0 aromatic heterocycles. The number of hydrogen-bond acceptors (Lipinski definition) is 5. The lowest BCUT2D eigenvalue weighted by Crippen LogP contribution is -2.37. The second-order valence-electron chi connectivity index (χ2n) is 8.99. The maximum absolute atomic E-state index is 12.7. The highest BCUT2D eigenvalue weighted by atomic mass is 32.1. The van der Waals surface area contributed by atoms with Crippen LogP contribution in [0.3, 0.4) is 0 Å². The Labute approximate surface area is 222 Å². The fourth-order valence-electron chi connectivity index (χ4n) is 3.97. The molecule has 3 aromatic carbocycles. The number of amides is 2. The highest BCUT2D eigenvalue weighted by Crippen LogP contribution is 2.19. The zero-order chi connectivity index (χ0) is 26.0. The van der Waals surface area contributed by atoms with Crippen LogP contribution in [0.25, 0.3) is 0 Å². The van der Waals surface area contributed by atoms with Crippen LogP contribution in [-0.2, 0) is 0 Å². The Balaban J connectivity index is 1.20. The van der Waals surface area contributed by atoms with Gasteiger partial charge in [-0.05, 0) is 91.6 Å². The number of nitrogens with zero attached hydrogens (tertiary/aromatic N) is 1. The standard InChI is InChI=1S/C29H31N3O4S/c1-21-15-17-32(18-16-21)28(34)23-7-11-24(12-8-23)30-29(37)31-27(33)22-9-13-26(14-10-22)36-20-19-35-25-5-3-2-4-6-25/h2-14,21H,15-20H2,1H3,(H2,30,31,33,37). The topological polar surface area (TPSA) is 79.9 Å². The van der Waals surface area contributed by atoms with Gasteiger partial charge >= 0.3 is 0 Å². The van der Waals surface area contributed by atoms with Crippen molar-refractivity contribution < 1.29 is 19.1 Å². The molecule has 1 saturated heterocycles. The zero-order valence-corrected chi connectivity index (χ0v) is 21.6. The van der Waals surface area contributed by atoms with E-state index in [1.54, 1.807) is 48.5 Å². The molecule has 7 nitrogen and oxygen atoms in total. The summed E-state index contributed by atoms with van der Waals surface area (Å²) in [6.07, 6.45) is 2.08. The predicted molar refractivity (Wildman–Crippen MR) is 148 cm³/mol. The van der Waals surface area contributed by atoms with E-state index in [4.69, 9.17) is 21.7 Å². The smallest absolute Gasteiger partial charge is 0.257 e. The van der Waals surface area contributed by atoms with Gasteiger partial charge in [0.15, 0.2) is 5.11 Å². The van der Waals surface area contributed by atoms with Gasteiger partial charge in [-0.1, -0.05) is 25.1 Å². The molecule has 0 aliphatic carbocycles. The van der Waals surface area contributed by atoms with E-state index in [1.165, 1.54) is 0 Å². The van der Waals surface area contributed by atoms with E-state index in [9.17, 15) is 9.59 Å². The quantitative estimate of drug-likeness (QED) is 0.318. The van der Waals surface area contributed by atoms with Gasteiger partial charge in [-0.15, -0.1) is 0 Å². The number of ether oxygens (including phenoxy) is 2. The average Bonchev–Trinajstić information content (AvgIpc) is 2.92. The summed E-state index contributed by atoms with van der Waals surface area (Å²) in [5, 5.41) is 5.84. The largest absolute Gasteiger partial charge is 0.490 e. The minimum absolute atomic E-state index is 0.0467. The van der Waals surface area contributed by atoms with Gasteiger partial charge in [0.1, 0.15) is 24.7 Å². The van der Waals surface area contributed by atoms with Gasteiger partial charge in [0.25, 0.3) is 11.8 Å².